The van der Waals surface area contributed by atoms with Crippen LogP contribution in [0, 0.1) is 0 Å². The molecular formula is C11H11Cl2N3O2. The van der Waals surface area contributed by atoms with Crippen molar-refractivity contribution in [3.05, 3.63) is 34.4 Å². The molecule has 18 heavy (non-hydrogen) atoms. The van der Waals surface area contributed by atoms with E-state index in [-0.39, 0.29) is 12.5 Å². The normalized spacial score (nSPS) is 10.4. The molecule has 2 N–H and O–H groups in total. The van der Waals surface area contributed by atoms with Gasteiger partial charge in [0.05, 0.1) is 7.11 Å². The lowest BCUT2D eigenvalue weighted by Crippen LogP contribution is -2.06. The van der Waals surface area contributed by atoms with E-state index in [1.54, 1.807) is 31.5 Å². The summed E-state index contributed by atoms with van der Waals surface area (Å²) in [4.78, 5) is 0. The van der Waals surface area contributed by atoms with E-state index in [1.165, 1.54) is 4.68 Å². The van der Waals surface area contributed by atoms with Crippen molar-refractivity contribution < 1.29 is 9.47 Å². The van der Waals surface area contributed by atoms with Gasteiger partial charge in [-0.2, -0.15) is 5.10 Å². The van der Waals surface area contributed by atoms with Gasteiger partial charge in [-0.3, -0.25) is 0 Å². The lowest BCUT2D eigenvalue weighted by atomic mass is 10.3. The Morgan fingerprint density at radius 2 is 2.11 bits per heavy atom. The zero-order valence-electron chi connectivity index (χ0n) is 9.56. The molecule has 2 aromatic rings. The highest BCUT2D eigenvalue weighted by atomic mass is 35.5. The average molecular weight is 288 g/mol. The van der Waals surface area contributed by atoms with E-state index in [0.717, 1.165) is 0 Å². The zero-order valence-corrected chi connectivity index (χ0v) is 11.1. The molecule has 0 saturated carbocycles. The monoisotopic (exact) mass is 287 g/mol. The van der Waals surface area contributed by atoms with Gasteiger partial charge in [-0.1, -0.05) is 23.2 Å². The van der Waals surface area contributed by atoms with Gasteiger partial charge in [0.25, 0.3) is 0 Å². The predicted octanol–water partition coefficient (Wildman–Crippen LogP) is 2.82. The summed E-state index contributed by atoms with van der Waals surface area (Å²) in [6.07, 6.45) is 1.58. The summed E-state index contributed by atoms with van der Waals surface area (Å²) in [6, 6.07) is 5.10. The van der Waals surface area contributed by atoms with Crippen LogP contribution in [0.5, 0.6) is 11.5 Å². The number of hydrogen-bond donors (Lipinski definition) is 1. The molecule has 0 aliphatic carbocycles. The summed E-state index contributed by atoms with van der Waals surface area (Å²) in [5.74, 6) is 1.38. The number of hydrogen-bond acceptors (Lipinski definition) is 4. The second-order valence-corrected chi connectivity index (χ2v) is 4.31. The highest BCUT2D eigenvalue weighted by Gasteiger charge is 2.07. The first-order valence-electron chi connectivity index (χ1n) is 5.05. The quantitative estimate of drug-likeness (QED) is 0.939. The van der Waals surface area contributed by atoms with Crippen molar-refractivity contribution in [2.75, 3.05) is 12.8 Å². The first kappa shape index (κ1) is 12.9. The van der Waals surface area contributed by atoms with Crippen LogP contribution in [0.4, 0.5) is 5.82 Å². The number of nitrogens with zero attached hydrogens (tertiary/aromatic N) is 2. The van der Waals surface area contributed by atoms with Crippen LogP contribution in [0.15, 0.2) is 24.4 Å². The third-order valence-electron chi connectivity index (χ3n) is 2.22. The van der Waals surface area contributed by atoms with Crippen molar-refractivity contribution >= 4 is 29.0 Å². The van der Waals surface area contributed by atoms with Crippen LogP contribution in [-0.2, 0) is 6.73 Å². The van der Waals surface area contributed by atoms with Crippen molar-refractivity contribution in [1.29, 1.82) is 0 Å². The SMILES string of the molecule is COc1cc(Cl)ccc1OCn1cc(Cl)c(N)n1. The van der Waals surface area contributed by atoms with Crippen LogP contribution < -0.4 is 15.2 Å². The van der Waals surface area contributed by atoms with Gasteiger partial charge in [-0.05, 0) is 12.1 Å². The van der Waals surface area contributed by atoms with Gasteiger partial charge in [0.1, 0.15) is 5.02 Å². The molecule has 1 aromatic heterocycles. The maximum atomic E-state index is 5.85. The minimum Gasteiger partial charge on any atom is -0.493 e. The molecule has 1 heterocycles. The number of nitrogen functional groups attached to an aromatic ring is 1. The molecule has 0 unspecified atom stereocenters. The second kappa shape index (κ2) is 5.37. The summed E-state index contributed by atoms with van der Waals surface area (Å²) in [5.41, 5.74) is 5.52. The largest absolute Gasteiger partial charge is 0.493 e. The Hall–Kier alpha value is -1.59. The lowest BCUT2D eigenvalue weighted by Gasteiger charge is -2.10. The molecule has 7 heteroatoms. The first-order valence-corrected chi connectivity index (χ1v) is 5.80. The Bertz CT molecular complexity index is 538. The number of nitrogens with two attached hydrogens (primary N) is 1. The van der Waals surface area contributed by atoms with E-state index in [4.69, 9.17) is 38.4 Å². The van der Waals surface area contributed by atoms with E-state index in [0.29, 0.717) is 21.5 Å². The molecule has 1 aromatic carbocycles. The second-order valence-electron chi connectivity index (χ2n) is 3.47. The number of methoxy groups -OCH3 is 1. The number of anilines is 1. The molecule has 0 aliphatic heterocycles. The van der Waals surface area contributed by atoms with Crippen molar-refractivity contribution in [2.45, 2.75) is 6.73 Å². The van der Waals surface area contributed by atoms with Crippen LogP contribution in [0.1, 0.15) is 0 Å². The fourth-order valence-electron chi connectivity index (χ4n) is 1.37. The summed E-state index contributed by atoms with van der Waals surface area (Å²) in [7, 11) is 1.54. The molecule has 0 saturated heterocycles. The Kier molecular flexibility index (Phi) is 3.84. The van der Waals surface area contributed by atoms with Crippen molar-refractivity contribution in [3.8, 4) is 11.5 Å². The van der Waals surface area contributed by atoms with Gasteiger partial charge in [0.2, 0.25) is 0 Å². The molecule has 0 bridgehead atoms. The van der Waals surface area contributed by atoms with E-state index < -0.39 is 0 Å². The Morgan fingerprint density at radius 1 is 1.33 bits per heavy atom. The van der Waals surface area contributed by atoms with Crippen molar-refractivity contribution in [1.82, 2.24) is 9.78 Å². The molecule has 0 radical (unpaired) electrons. The molecule has 96 valence electrons. The highest BCUT2D eigenvalue weighted by molar-refractivity contribution is 6.32. The molecule has 5 nitrogen and oxygen atoms in total. The minimum absolute atomic E-state index is 0.176. The minimum atomic E-state index is 0.176. The molecule has 2 rings (SSSR count). The summed E-state index contributed by atoms with van der Waals surface area (Å²) >= 11 is 11.6. The maximum Gasteiger partial charge on any atom is 0.181 e. The summed E-state index contributed by atoms with van der Waals surface area (Å²) < 4.78 is 12.2. The average Bonchev–Trinajstić information content (AvgIpc) is 2.67. The molecule has 0 atom stereocenters. The lowest BCUT2D eigenvalue weighted by molar-refractivity contribution is 0.211. The van der Waals surface area contributed by atoms with Gasteiger partial charge >= 0.3 is 0 Å². The van der Waals surface area contributed by atoms with Crippen LogP contribution in [0.3, 0.4) is 0 Å². The van der Waals surface area contributed by atoms with Crippen molar-refractivity contribution in [2.24, 2.45) is 0 Å². The van der Waals surface area contributed by atoms with Gasteiger partial charge in [-0.25, -0.2) is 4.68 Å². The van der Waals surface area contributed by atoms with E-state index in [9.17, 15) is 0 Å². The molecular weight excluding hydrogens is 277 g/mol. The Balaban J connectivity index is 2.10. The number of ether oxygens (including phenoxy) is 2. The summed E-state index contributed by atoms with van der Waals surface area (Å²) in [6.45, 7) is 0.176. The molecule has 0 fully saturated rings. The first-order chi connectivity index (χ1) is 8.60. The van der Waals surface area contributed by atoms with Crippen molar-refractivity contribution in [3.63, 3.8) is 0 Å². The topological polar surface area (TPSA) is 62.3 Å². The molecule has 0 amide bonds. The fourth-order valence-corrected chi connectivity index (χ4v) is 1.69. The number of aromatic nitrogens is 2. The highest BCUT2D eigenvalue weighted by Crippen LogP contribution is 2.30. The van der Waals surface area contributed by atoms with Gasteiger partial charge in [0.15, 0.2) is 24.0 Å². The predicted molar refractivity (Wildman–Crippen MR) is 70.3 cm³/mol. The third-order valence-corrected chi connectivity index (χ3v) is 2.75. The van der Waals surface area contributed by atoms with Gasteiger partial charge in [-0.15, -0.1) is 0 Å². The molecule has 0 spiro atoms. The van der Waals surface area contributed by atoms with E-state index in [1.807, 2.05) is 0 Å². The zero-order chi connectivity index (χ0) is 13.1. The molecule has 0 aliphatic rings. The number of rotatable bonds is 4. The van der Waals surface area contributed by atoms with Gasteiger partial charge < -0.3 is 15.2 Å². The van der Waals surface area contributed by atoms with Crippen LogP contribution >= 0.6 is 23.2 Å². The fraction of sp³-hybridized carbons (Fsp3) is 0.182. The number of halogens is 2. The van der Waals surface area contributed by atoms with Crippen LogP contribution in [-0.4, -0.2) is 16.9 Å². The summed E-state index contributed by atoms with van der Waals surface area (Å²) in [5, 5.41) is 4.93. The van der Waals surface area contributed by atoms with E-state index >= 15 is 0 Å². The standard InChI is InChI=1S/C11H11Cl2N3O2/c1-17-10-4-7(12)2-3-9(10)18-6-16-5-8(13)11(14)15-16/h2-5H,6H2,1H3,(H2,14,15). The van der Waals surface area contributed by atoms with E-state index in [2.05, 4.69) is 5.10 Å². The third kappa shape index (κ3) is 2.80. The van der Waals surface area contributed by atoms with Gasteiger partial charge in [0, 0.05) is 17.3 Å². The van der Waals surface area contributed by atoms with Crippen LogP contribution in [0.25, 0.3) is 0 Å². The Morgan fingerprint density at radius 3 is 2.72 bits per heavy atom. The number of benzene rings is 1. The van der Waals surface area contributed by atoms with Crippen LogP contribution in [0.2, 0.25) is 10.0 Å². The maximum absolute atomic E-state index is 5.85. The Labute approximate surface area is 114 Å². The smallest absolute Gasteiger partial charge is 0.181 e.